The van der Waals surface area contributed by atoms with Gasteiger partial charge in [-0.1, -0.05) is 68.5 Å². The molecule has 1 unspecified atom stereocenters. The van der Waals surface area contributed by atoms with Crippen LogP contribution in [0.3, 0.4) is 0 Å². The Bertz CT molecular complexity index is 575. The monoisotopic (exact) mass is 339 g/mol. The van der Waals surface area contributed by atoms with E-state index in [0.717, 1.165) is 38.6 Å². The molecule has 25 heavy (non-hydrogen) atoms. The van der Waals surface area contributed by atoms with Gasteiger partial charge < -0.3 is 9.69 Å². The second-order valence-corrected chi connectivity index (χ2v) is 7.66. The van der Waals surface area contributed by atoms with E-state index in [2.05, 4.69) is 80.4 Å². The van der Waals surface area contributed by atoms with Crippen molar-refractivity contribution in [2.45, 2.75) is 39.5 Å². The average molecular weight is 340 g/mol. The quantitative estimate of drug-likeness (QED) is 0.564. The van der Waals surface area contributed by atoms with Crippen LogP contribution >= 0.6 is 0 Å². The van der Waals surface area contributed by atoms with Crippen molar-refractivity contribution in [3.05, 3.63) is 60.2 Å². The highest BCUT2D eigenvalue weighted by Crippen LogP contribution is 2.45. The van der Waals surface area contributed by atoms with Crippen LogP contribution in [0, 0.1) is 17.3 Å². The number of aldehydes is 1. The van der Waals surface area contributed by atoms with Crippen molar-refractivity contribution in [2.75, 3.05) is 20.1 Å². The number of carbonyl (C=O) groups excluding carboxylic acids is 1. The predicted octanol–water partition coefficient (Wildman–Crippen LogP) is 4.91. The molecule has 2 rings (SSSR count). The van der Waals surface area contributed by atoms with Gasteiger partial charge in [-0.2, -0.15) is 0 Å². The second-order valence-electron chi connectivity index (χ2n) is 7.66. The normalized spacial score (nSPS) is 22.7. The summed E-state index contributed by atoms with van der Waals surface area (Å²) < 4.78 is 0. The van der Waals surface area contributed by atoms with E-state index in [0.29, 0.717) is 18.3 Å². The highest BCUT2D eigenvalue weighted by molar-refractivity contribution is 5.51. The summed E-state index contributed by atoms with van der Waals surface area (Å²) in [5.41, 5.74) is 1.52. The topological polar surface area (TPSA) is 20.3 Å². The van der Waals surface area contributed by atoms with Crippen LogP contribution in [-0.2, 0) is 11.2 Å². The molecule has 1 aromatic rings. The summed E-state index contributed by atoms with van der Waals surface area (Å²) >= 11 is 0. The molecule has 2 heteroatoms. The van der Waals surface area contributed by atoms with Gasteiger partial charge in [0.15, 0.2) is 0 Å². The van der Waals surface area contributed by atoms with Crippen LogP contribution in [0.1, 0.15) is 38.7 Å². The van der Waals surface area contributed by atoms with Crippen molar-refractivity contribution < 1.29 is 4.79 Å². The Morgan fingerprint density at radius 3 is 2.60 bits per heavy atom. The Balaban J connectivity index is 1.85. The molecule has 1 aromatic carbocycles. The van der Waals surface area contributed by atoms with Gasteiger partial charge in [0.2, 0.25) is 0 Å². The number of carbonyl (C=O) groups is 1. The molecule has 0 spiro atoms. The third-order valence-corrected chi connectivity index (χ3v) is 5.75. The summed E-state index contributed by atoms with van der Waals surface area (Å²) in [4.78, 5) is 13.5. The van der Waals surface area contributed by atoms with E-state index in [1.807, 2.05) is 0 Å². The summed E-state index contributed by atoms with van der Waals surface area (Å²) in [6.07, 6.45) is 14.0. The number of hydrogen-bond donors (Lipinski definition) is 0. The van der Waals surface area contributed by atoms with Crippen LogP contribution in [0.2, 0.25) is 0 Å². The lowest BCUT2D eigenvalue weighted by atomic mass is 9.62. The molecule has 0 fully saturated rings. The van der Waals surface area contributed by atoms with Crippen LogP contribution in [0.25, 0.3) is 0 Å². The number of hydrogen-bond acceptors (Lipinski definition) is 2. The second kappa shape index (κ2) is 9.72. The molecule has 0 saturated heterocycles. The maximum Gasteiger partial charge on any atom is 0.120 e. The minimum atomic E-state index is 0.121. The molecule has 0 aliphatic heterocycles. The minimum absolute atomic E-state index is 0.121. The molecular formula is C23H33NO. The predicted molar refractivity (Wildman–Crippen MR) is 107 cm³/mol. The van der Waals surface area contributed by atoms with E-state index >= 15 is 0 Å². The molecule has 0 aromatic heterocycles. The SMILES string of the molecule is CC(C)C1(CCCN(C)CCc2ccccc2)C=CC=C[C@H]1CC=O. The highest BCUT2D eigenvalue weighted by atomic mass is 16.1. The zero-order valence-corrected chi connectivity index (χ0v) is 16.0. The van der Waals surface area contributed by atoms with Crippen molar-refractivity contribution in [1.29, 1.82) is 0 Å². The fourth-order valence-corrected chi connectivity index (χ4v) is 4.05. The molecule has 0 N–H and O–H groups in total. The smallest absolute Gasteiger partial charge is 0.120 e. The number of allylic oxidation sites excluding steroid dienone is 4. The first-order chi connectivity index (χ1) is 12.1. The largest absolute Gasteiger partial charge is 0.306 e. The number of nitrogens with zero attached hydrogens (tertiary/aromatic N) is 1. The minimum Gasteiger partial charge on any atom is -0.306 e. The third kappa shape index (κ3) is 5.40. The van der Waals surface area contributed by atoms with E-state index in [1.165, 1.54) is 5.56 Å². The molecule has 1 aliphatic carbocycles. The van der Waals surface area contributed by atoms with E-state index in [4.69, 9.17) is 0 Å². The lowest BCUT2D eigenvalue weighted by Gasteiger charge is -2.42. The number of likely N-dealkylation sites (N-methyl/N-ethyl adjacent to an activating group) is 1. The van der Waals surface area contributed by atoms with Gasteiger partial charge in [0.05, 0.1) is 0 Å². The lowest BCUT2D eigenvalue weighted by molar-refractivity contribution is -0.109. The van der Waals surface area contributed by atoms with Gasteiger partial charge >= 0.3 is 0 Å². The van der Waals surface area contributed by atoms with Crippen LogP contribution in [0.15, 0.2) is 54.6 Å². The molecule has 0 saturated carbocycles. The lowest BCUT2D eigenvalue weighted by Crippen LogP contribution is -2.35. The van der Waals surface area contributed by atoms with Crippen molar-refractivity contribution in [2.24, 2.45) is 17.3 Å². The summed E-state index contributed by atoms with van der Waals surface area (Å²) in [5, 5.41) is 0. The summed E-state index contributed by atoms with van der Waals surface area (Å²) in [6, 6.07) is 10.7. The van der Waals surface area contributed by atoms with Gasteiger partial charge in [-0.25, -0.2) is 0 Å². The number of rotatable bonds is 10. The van der Waals surface area contributed by atoms with Gasteiger partial charge in [0.25, 0.3) is 0 Å². The van der Waals surface area contributed by atoms with Crippen LogP contribution in [0.4, 0.5) is 0 Å². The molecule has 2 nitrogen and oxygen atoms in total. The van der Waals surface area contributed by atoms with Gasteiger partial charge in [-0.3, -0.25) is 0 Å². The Kier molecular flexibility index (Phi) is 7.64. The first-order valence-corrected chi connectivity index (χ1v) is 9.60. The molecule has 0 amide bonds. The summed E-state index contributed by atoms with van der Waals surface area (Å²) in [7, 11) is 2.21. The Morgan fingerprint density at radius 2 is 1.92 bits per heavy atom. The van der Waals surface area contributed by atoms with E-state index in [-0.39, 0.29) is 5.41 Å². The number of benzene rings is 1. The molecule has 1 aliphatic rings. The van der Waals surface area contributed by atoms with Crippen LogP contribution in [-0.4, -0.2) is 31.3 Å². The fourth-order valence-electron chi connectivity index (χ4n) is 4.05. The molecule has 0 heterocycles. The Morgan fingerprint density at radius 1 is 1.16 bits per heavy atom. The summed E-state index contributed by atoms with van der Waals surface area (Å²) in [6.45, 7) is 6.78. The van der Waals surface area contributed by atoms with Crippen LogP contribution in [0.5, 0.6) is 0 Å². The van der Waals surface area contributed by atoms with E-state index in [9.17, 15) is 4.79 Å². The zero-order chi connectivity index (χ0) is 18.1. The fraction of sp³-hybridized carbons (Fsp3) is 0.522. The van der Waals surface area contributed by atoms with Gasteiger partial charge in [0, 0.05) is 13.0 Å². The zero-order valence-electron chi connectivity index (χ0n) is 16.0. The van der Waals surface area contributed by atoms with Crippen molar-refractivity contribution in [3.63, 3.8) is 0 Å². The molecule has 136 valence electrons. The maximum absolute atomic E-state index is 11.1. The van der Waals surface area contributed by atoms with Crippen molar-refractivity contribution in [3.8, 4) is 0 Å². The van der Waals surface area contributed by atoms with Crippen LogP contribution < -0.4 is 0 Å². The Hall–Kier alpha value is -1.67. The molecular weight excluding hydrogens is 306 g/mol. The van der Waals surface area contributed by atoms with Gasteiger partial charge in [0.1, 0.15) is 6.29 Å². The standard InChI is InChI=1S/C23H33NO/c1-20(2)23(15-8-7-12-22(23)14-19-25)16-9-17-24(3)18-13-21-10-5-4-6-11-21/h4-8,10-12,15,19-20,22H,9,13-14,16-18H2,1-3H3/t22-,23?/m0/s1. The maximum atomic E-state index is 11.1. The Labute approximate surface area is 153 Å². The van der Waals surface area contributed by atoms with E-state index < -0.39 is 0 Å². The van der Waals surface area contributed by atoms with Crippen molar-refractivity contribution >= 4 is 6.29 Å². The van der Waals surface area contributed by atoms with E-state index in [1.54, 1.807) is 0 Å². The van der Waals surface area contributed by atoms with Crippen molar-refractivity contribution in [1.82, 2.24) is 4.90 Å². The molecule has 0 bridgehead atoms. The molecule has 2 atom stereocenters. The first-order valence-electron chi connectivity index (χ1n) is 9.60. The van der Waals surface area contributed by atoms with Gasteiger partial charge in [-0.15, -0.1) is 0 Å². The highest BCUT2D eigenvalue weighted by Gasteiger charge is 2.38. The summed E-state index contributed by atoms with van der Waals surface area (Å²) in [5.74, 6) is 0.873. The van der Waals surface area contributed by atoms with Gasteiger partial charge in [-0.05, 0) is 55.7 Å². The molecule has 0 radical (unpaired) electrons. The average Bonchev–Trinajstić information content (AvgIpc) is 2.62. The third-order valence-electron chi connectivity index (χ3n) is 5.75. The first kappa shape index (κ1) is 19.7.